The molecule has 5 heteroatoms. The Balaban J connectivity index is 2.98. The van der Waals surface area contributed by atoms with Crippen LogP contribution in [0.1, 0.15) is 6.92 Å². The molecule has 1 N–H and O–H groups in total. The van der Waals surface area contributed by atoms with Gasteiger partial charge in [0.15, 0.2) is 11.5 Å². The number of esters is 1. The average Bonchev–Trinajstić information content (AvgIpc) is 2.37. The molecule has 0 amide bonds. The summed E-state index contributed by atoms with van der Waals surface area (Å²) in [6.07, 6.45) is 0. The van der Waals surface area contributed by atoms with E-state index in [0.29, 0.717) is 11.5 Å². The lowest BCUT2D eigenvalue weighted by atomic mass is 10.2. The Morgan fingerprint density at radius 3 is 2.50 bits per heavy atom. The first-order valence-electron chi connectivity index (χ1n) is 5.74. The van der Waals surface area contributed by atoms with Crippen LogP contribution < -0.4 is 19.7 Å². The van der Waals surface area contributed by atoms with Gasteiger partial charge < -0.3 is 19.7 Å². The van der Waals surface area contributed by atoms with Crippen LogP contribution >= 0.6 is 0 Å². The van der Waals surface area contributed by atoms with E-state index in [9.17, 15) is 4.79 Å². The van der Waals surface area contributed by atoms with Crippen molar-refractivity contribution in [1.29, 1.82) is 0 Å². The minimum Gasteiger partial charge on any atom is -0.493 e. The Kier molecular flexibility index (Phi) is 4.97. The number of ether oxygens (including phenoxy) is 2. The van der Waals surface area contributed by atoms with Crippen LogP contribution in [0, 0.1) is 0 Å². The number of methoxy groups -OCH3 is 1. The number of hydrogen-bond acceptors (Lipinski definition) is 5. The van der Waals surface area contributed by atoms with Gasteiger partial charge in [0.1, 0.15) is 6.04 Å². The highest BCUT2D eigenvalue weighted by molar-refractivity contribution is 5.78. The second-order valence-corrected chi connectivity index (χ2v) is 4.16. The molecular weight excluding hydrogens is 232 g/mol. The molecule has 0 aliphatic carbocycles. The summed E-state index contributed by atoms with van der Waals surface area (Å²) in [7, 11) is 7.09. The van der Waals surface area contributed by atoms with Gasteiger partial charge in [-0.15, -0.1) is 0 Å². The summed E-state index contributed by atoms with van der Waals surface area (Å²) >= 11 is 0. The minimum atomic E-state index is -0.363. The summed E-state index contributed by atoms with van der Waals surface area (Å²) in [5, 5.41) is 2.83. The molecule has 0 bridgehead atoms. The van der Waals surface area contributed by atoms with Gasteiger partial charge in [0.2, 0.25) is 0 Å². The monoisotopic (exact) mass is 252 g/mol. The zero-order valence-corrected chi connectivity index (χ0v) is 11.5. The van der Waals surface area contributed by atoms with E-state index in [2.05, 4.69) is 5.32 Å². The summed E-state index contributed by atoms with van der Waals surface area (Å²) in [6.45, 7) is 1.74. The fourth-order valence-corrected chi connectivity index (χ4v) is 1.34. The Morgan fingerprint density at radius 1 is 1.33 bits per heavy atom. The molecule has 100 valence electrons. The number of carbonyl (C=O) groups is 1. The van der Waals surface area contributed by atoms with Crippen LogP contribution in [0.2, 0.25) is 0 Å². The van der Waals surface area contributed by atoms with Crippen LogP contribution in [-0.4, -0.2) is 40.3 Å². The first-order valence-corrected chi connectivity index (χ1v) is 5.74. The number of rotatable bonds is 5. The molecule has 0 aliphatic rings. The second kappa shape index (κ2) is 6.26. The van der Waals surface area contributed by atoms with Gasteiger partial charge in [-0.1, -0.05) is 0 Å². The third kappa shape index (κ3) is 3.37. The van der Waals surface area contributed by atoms with Crippen molar-refractivity contribution in [2.24, 2.45) is 0 Å². The van der Waals surface area contributed by atoms with Crippen LogP contribution in [0.3, 0.4) is 0 Å². The fourth-order valence-electron chi connectivity index (χ4n) is 1.34. The molecule has 1 aromatic rings. The van der Waals surface area contributed by atoms with E-state index in [-0.39, 0.29) is 12.0 Å². The summed E-state index contributed by atoms with van der Waals surface area (Å²) in [4.78, 5) is 13.7. The lowest BCUT2D eigenvalue weighted by molar-refractivity contribution is -0.136. The summed E-state index contributed by atoms with van der Waals surface area (Å²) in [5.74, 6) is 0.625. The van der Waals surface area contributed by atoms with Gasteiger partial charge in [0.05, 0.1) is 7.11 Å². The van der Waals surface area contributed by atoms with Crippen molar-refractivity contribution in [1.82, 2.24) is 5.32 Å². The summed E-state index contributed by atoms with van der Waals surface area (Å²) < 4.78 is 10.5. The Labute approximate surface area is 108 Å². The van der Waals surface area contributed by atoms with Gasteiger partial charge in [-0.25, -0.2) is 4.79 Å². The highest BCUT2D eigenvalue weighted by Crippen LogP contribution is 2.31. The van der Waals surface area contributed by atoms with Crippen molar-refractivity contribution in [3.8, 4) is 11.5 Å². The number of hydrogen-bond donors (Lipinski definition) is 1. The van der Waals surface area contributed by atoms with Gasteiger partial charge in [-0.05, 0) is 26.1 Å². The van der Waals surface area contributed by atoms with Crippen molar-refractivity contribution in [3.05, 3.63) is 18.2 Å². The van der Waals surface area contributed by atoms with Gasteiger partial charge in [-0.2, -0.15) is 0 Å². The van der Waals surface area contributed by atoms with Crippen LogP contribution in [0.15, 0.2) is 18.2 Å². The number of anilines is 1. The van der Waals surface area contributed by atoms with Gasteiger partial charge in [0.25, 0.3) is 0 Å². The molecule has 0 spiro atoms. The predicted octanol–water partition coefficient (Wildman–Crippen LogP) is 1.27. The maximum absolute atomic E-state index is 11.7. The van der Waals surface area contributed by atoms with Crippen LogP contribution in [-0.2, 0) is 4.79 Å². The maximum Gasteiger partial charge on any atom is 0.328 e. The maximum atomic E-state index is 11.7. The van der Waals surface area contributed by atoms with E-state index in [1.54, 1.807) is 33.2 Å². The quantitative estimate of drug-likeness (QED) is 0.632. The first kappa shape index (κ1) is 14.3. The van der Waals surface area contributed by atoms with Crippen LogP contribution in [0.5, 0.6) is 11.5 Å². The van der Waals surface area contributed by atoms with Crippen molar-refractivity contribution < 1.29 is 14.3 Å². The number of likely N-dealkylation sites (N-methyl/N-ethyl adjacent to an activating group) is 1. The predicted molar refractivity (Wildman–Crippen MR) is 71.5 cm³/mol. The molecule has 1 rings (SSSR count). The number of carbonyl (C=O) groups excluding carboxylic acids is 1. The lowest BCUT2D eigenvalue weighted by Gasteiger charge is -2.17. The molecule has 0 heterocycles. The Morgan fingerprint density at radius 2 is 2.00 bits per heavy atom. The van der Waals surface area contributed by atoms with E-state index in [0.717, 1.165) is 5.69 Å². The smallest absolute Gasteiger partial charge is 0.328 e. The van der Waals surface area contributed by atoms with Crippen molar-refractivity contribution >= 4 is 11.7 Å². The summed E-state index contributed by atoms with van der Waals surface area (Å²) in [5.41, 5.74) is 0.940. The third-order valence-corrected chi connectivity index (χ3v) is 2.66. The molecule has 0 saturated carbocycles. The third-order valence-electron chi connectivity index (χ3n) is 2.66. The van der Waals surface area contributed by atoms with E-state index < -0.39 is 0 Å². The molecule has 0 aliphatic heterocycles. The molecule has 0 radical (unpaired) electrons. The normalized spacial score (nSPS) is 11.8. The van der Waals surface area contributed by atoms with Crippen molar-refractivity contribution in [3.63, 3.8) is 0 Å². The second-order valence-electron chi connectivity index (χ2n) is 4.16. The molecule has 5 nitrogen and oxygen atoms in total. The molecule has 0 fully saturated rings. The zero-order valence-electron chi connectivity index (χ0n) is 11.5. The zero-order chi connectivity index (χ0) is 13.7. The number of nitrogens with zero attached hydrogens (tertiary/aromatic N) is 1. The van der Waals surface area contributed by atoms with Gasteiger partial charge in [-0.3, -0.25) is 0 Å². The molecule has 1 unspecified atom stereocenters. The molecule has 1 aromatic carbocycles. The van der Waals surface area contributed by atoms with Crippen molar-refractivity contribution in [2.75, 3.05) is 33.2 Å². The molecule has 18 heavy (non-hydrogen) atoms. The fraction of sp³-hybridized carbons (Fsp3) is 0.462. The lowest BCUT2D eigenvalue weighted by Crippen LogP contribution is -2.34. The molecule has 0 aromatic heterocycles. The summed E-state index contributed by atoms with van der Waals surface area (Å²) in [6, 6.07) is 5.09. The highest BCUT2D eigenvalue weighted by atomic mass is 16.6. The number of nitrogens with one attached hydrogen (secondary N) is 1. The van der Waals surface area contributed by atoms with Gasteiger partial charge >= 0.3 is 5.97 Å². The standard InChI is InChI=1S/C13H20N2O3/c1-9(14-2)13(16)18-12-8-10(15(3)4)6-7-11(12)17-5/h6-9,14H,1-5H3. The Hall–Kier alpha value is -1.75. The van der Waals surface area contributed by atoms with Crippen LogP contribution in [0.4, 0.5) is 5.69 Å². The topological polar surface area (TPSA) is 50.8 Å². The molecular formula is C13H20N2O3. The highest BCUT2D eigenvalue weighted by Gasteiger charge is 2.16. The van der Waals surface area contributed by atoms with E-state index in [1.807, 2.05) is 25.1 Å². The van der Waals surface area contributed by atoms with Crippen molar-refractivity contribution in [2.45, 2.75) is 13.0 Å². The largest absolute Gasteiger partial charge is 0.493 e. The van der Waals surface area contributed by atoms with E-state index in [1.165, 1.54) is 0 Å². The minimum absolute atomic E-state index is 0.341. The van der Waals surface area contributed by atoms with Gasteiger partial charge in [0, 0.05) is 25.8 Å². The Bertz CT molecular complexity index is 419. The van der Waals surface area contributed by atoms with E-state index >= 15 is 0 Å². The van der Waals surface area contributed by atoms with Crippen LogP contribution in [0.25, 0.3) is 0 Å². The molecule has 0 saturated heterocycles. The average molecular weight is 252 g/mol. The SMILES string of the molecule is CNC(C)C(=O)Oc1cc(N(C)C)ccc1OC. The first-order chi connectivity index (χ1) is 8.49. The van der Waals surface area contributed by atoms with E-state index in [4.69, 9.17) is 9.47 Å². The number of benzene rings is 1. The molecule has 1 atom stereocenters.